The van der Waals surface area contributed by atoms with Crippen LogP contribution in [0.4, 0.5) is 0 Å². The first-order chi connectivity index (χ1) is 10.3. The van der Waals surface area contributed by atoms with Crippen LogP contribution in [0.15, 0.2) is 77.8 Å². The van der Waals surface area contributed by atoms with Crippen molar-refractivity contribution in [3.63, 3.8) is 0 Å². The lowest BCUT2D eigenvalue weighted by Crippen LogP contribution is -2.17. The van der Waals surface area contributed by atoms with E-state index in [0.29, 0.717) is 0 Å². The average Bonchev–Trinajstić information content (AvgIpc) is 3.04. The summed E-state index contributed by atoms with van der Waals surface area (Å²) in [6.45, 7) is 0. The average molecular weight is 291 g/mol. The highest BCUT2D eigenvalue weighted by Gasteiger charge is 2.30. The largest absolute Gasteiger partial charge is 0.318 e. The molecule has 2 aromatic carbocycles. The van der Waals surface area contributed by atoms with Gasteiger partial charge in [0.25, 0.3) is 0 Å². The van der Waals surface area contributed by atoms with Gasteiger partial charge in [-0.2, -0.15) is 0 Å². The molecule has 0 aliphatic carbocycles. The van der Waals surface area contributed by atoms with E-state index in [1.165, 1.54) is 0 Å². The SMILES string of the molecule is O=C(c1ccccc1)C1Sc2ccccc2-n2cccc21. The maximum absolute atomic E-state index is 12.8. The maximum Gasteiger partial charge on any atom is 0.182 e. The summed E-state index contributed by atoms with van der Waals surface area (Å²) in [5.74, 6) is 0.162. The van der Waals surface area contributed by atoms with E-state index in [1.807, 2.05) is 60.8 Å². The second-order valence-corrected chi connectivity index (χ2v) is 6.15. The van der Waals surface area contributed by atoms with E-state index in [4.69, 9.17) is 0 Å². The minimum Gasteiger partial charge on any atom is -0.318 e. The van der Waals surface area contributed by atoms with Gasteiger partial charge in [0, 0.05) is 22.3 Å². The van der Waals surface area contributed by atoms with E-state index in [2.05, 4.69) is 16.7 Å². The molecule has 0 saturated carbocycles. The number of carbonyl (C=O) groups is 1. The Balaban J connectivity index is 1.81. The van der Waals surface area contributed by atoms with E-state index in [1.54, 1.807) is 11.8 Å². The molecule has 4 rings (SSSR count). The number of ketones is 1. The number of nitrogens with zero attached hydrogens (tertiary/aromatic N) is 1. The molecule has 2 nitrogen and oxygen atoms in total. The summed E-state index contributed by atoms with van der Waals surface area (Å²) >= 11 is 1.64. The zero-order valence-electron chi connectivity index (χ0n) is 11.3. The van der Waals surface area contributed by atoms with E-state index >= 15 is 0 Å². The van der Waals surface area contributed by atoms with Crippen molar-refractivity contribution in [2.75, 3.05) is 0 Å². The van der Waals surface area contributed by atoms with E-state index < -0.39 is 0 Å². The lowest BCUT2D eigenvalue weighted by Gasteiger charge is -2.25. The van der Waals surface area contributed by atoms with Crippen LogP contribution in [0.25, 0.3) is 5.69 Å². The molecule has 1 unspecified atom stereocenters. The number of aromatic nitrogens is 1. The van der Waals surface area contributed by atoms with Crippen molar-refractivity contribution in [2.24, 2.45) is 0 Å². The fraction of sp³-hybridized carbons (Fsp3) is 0.0556. The number of hydrogen-bond donors (Lipinski definition) is 0. The number of para-hydroxylation sites is 1. The second kappa shape index (κ2) is 4.93. The van der Waals surface area contributed by atoms with Crippen molar-refractivity contribution in [3.05, 3.63) is 84.2 Å². The molecule has 0 fully saturated rings. The van der Waals surface area contributed by atoms with Gasteiger partial charge in [-0.15, -0.1) is 11.8 Å². The Morgan fingerprint density at radius 1 is 0.905 bits per heavy atom. The molecule has 1 aliphatic heterocycles. The third kappa shape index (κ3) is 2.01. The molecule has 0 bridgehead atoms. The van der Waals surface area contributed by atoms with E-state index in [9.17, 15) is 4.79 Å². The number of thioether (sulfide) groups is 1. The predicted molar refractivity (Wildman–Crippen MR) is 85.1 cm³/mol. The van der Waals surface area contributed by atoms with Crippen LogP contribution in [0.2, 0.25) is 0 Å². The molecule has 1 aromatic heterocycles. The highest BCUT2D eigenvalue weighted by atomic mass is 32.2. The molecule has 1 aliphatic rings. The quantitative estimate of drug-likeness (QED) is 0.648. The van der Waals surface area contributed by atoms with Gasteiger partial charge in [-0.25, -0.2) is 0 Å². The first-order valence-corrected chi connectivity index (χ1v) is 7.75. The summed E-state index contributed by atoms with van der Waals surface area (Å²) in [6.07, 6.45) is 2.03. The summed E-state index contributed by atoms with van der Waals surface area (Å²) in [5, 5.41) is -0.183. The Morgan fingerprint density at radius 3 is 2.52 bits per heavy atom. The van der Waals surface area contributed by atoms with Gasteiger partial charge in [0.2, 0.25) is 0 Å². The van der Waals surface area contributed by atoms with Gasteiger partial charge in [-0.3, -0.25) is 4.79 Å². The Labute approximate surface area is 127 Å². The Kier molecular flexibility index (Phi) is 2.93. The van der Waals surface area contributed by atoms with Gasteiger partial charge in [0.1, 0.15) is 5.25 Å². The van der Waals surface area contributed by atoms with Crippen molar-refractivity contribution >= 4 is 17.5 Å². The van der Waals surface area contributed by atoms with Crippen molar-refractivity contribution in [2.45, 2.75) is 10.1 Å². The van der Waals surface area contributed by atoms with Crippen LogP contribution in [0.3, 0.4) is 0 Å². The number of carbonyl (C=O) groups excluding carboxylic acids is 1. The van der Waals surface area contributed by atoms with E-state index in [0.717, 1.165) is 21.8 Å². The molecule has 21 heavy (non-hydrogen) atoms. The zero-order chi connectivity index (χ0) is 14.2. The minimum atomic E-state index is -0.183. The molecular weight excluding hydrogens is 278 g/mol. The maximum atomic E-state index is 12.8. The van der Waals surface area contributed by atoms with Crippen molar-refractivity contribution in [3.8, 4) is 5.69 Å². The van der Waals surface area contributed by atoms with Crippen molar-refractivity contribution in [1.29, 1.82) is 0 Å². The molecule has 0 N–H and O–H groups in total. The number of fused-ring (bicyclic) bond motifs is 3. The molecular formula is C18H13NOS. The van der Waals surface area contributed by atoms with Gasteiger partial charge in [0.05, 0.1) is 5.69 Å². The first-order valence-electron chi connectivity index (χ1n) is 6.87. The predicted octanol–water partition coefficient (Wildman–Crippen LogP) is 4.51. The van der Waals surface area contributed by atoms with Crippen LogP contribution in [-0.4, -0.2) is 10.4 Å². The lowest BCUT2D eigenvalue weighted by molar-refractivity contribution is 0.0987. The molecule has 102 valence electrons. The molecule has 0 saturated heterocycles. The number of benzene rings is 2. The zero-order valence-corrected chi connectivity index (χ0v) is 12.1. The van der Waals surface area contributed by atoms with E-state index in [-0.39, 0.29) is 11.0 Å². The van der Waals surface area contributed by atoms with Gasteiger partial charge >= 0.3 is 0 Å². The highest BCUT2D eigenvalue weighted by Crippen LogP contribution is 2.45. The monoisotopic (exact) mass is 291 g/mol. The molecule has 0 radical (unpaired) electrons. The van der Waals surface area contributed by atoms with Gasteiger partial charge < -0.3 is 4.57 Å². The molecule has 2 heterocycles. The Hall–Kier alpha value is -2.26. The third-order valence-corrected chi connectivity index (χ3v) is 5.01. The van der Waals surface area contributed by atoms with Crippen LogP contribution >= 0.6 is 11.8 Å². The summed E-state index contributed by atoms with van der Waals surface area (Å²) in [7, 11) is 0. The number of rotatable bonds is 2. The molecule has 3 heteroatoms. The second-order valence-electron chi connectivity index (χ2n) is 5.00. The normalized spacial score (nSPS) is 16.1. The van der Waals surface area contributed by atoms with Crippen LogP contribution < -0.4 is 0 Å². The summed E-state index contributed by atoms with van der Waals surface area (Å²) in [5.41, 5.74) is 2.97. The summed E-state index contributed by atoms with van der Waals surface area (Å²) in [6, 6.07) is 21.8. The van der Waals surface area contributed by atoms with Crippen LogP contribution in [0.5, 0.6) is 0 Å². The Bertz CT molecular complexity index is 807. The third-order valence-electron chi connectivity index (χ3n) is 3.71. The standard InChI is InChI=1S/C18H13NOS/c20-17(13-7-2-1-3-8-13)18-15-10-6-12-19(15)14-9-4-5-11-16(14)21-18/h1-12,18H. The van der Waals surface area contributed by atoms with Crippen molar-refractivity contribution in [1.82, 2.24) is 4.57 Å². The van der Waals surface area contributed by atoms with Crippen molar-refractivity contribution < 1.29 is 4.79 Å². The Morgan fingerprint density at radius 2 is 1.67 bits per heavy atom. The molecule has 0 spiro atoms. The van der Waals surface area contributed by atoms with Crippen LogP contribution in [-0.2, 0) is 0 Å². The minimum absolute atomic E-state index is 0.162. The van der Waals surface area contributed by atoms with Crippen LogP contribution in [0.1, 0.15) is 21.3 Å². The molecule has 3 aromatic rings. The topological polar surface area (TPSA) is 22.0 Å². The highest BCUT2D eigenvalue weighted by molar-refractivity contribution is 8.00. The smallest absolute Gasteiger partial charge is 0.182 e. The summed E-state index contributed by atoms with van der Waals surface area (Å²) in [4.78, 5) is 14.0. The number of Topliss-reactive ketones (excluding diaryl/α,β-unsaturated/α-hetero) is 1. The van der Waals surface area contributed by atoms with Gasteiger partial charge in [-0.1, -0.05) is 42.5 Å². The fourth-order valence-electron chi connectivity index (χ4n) is 2.71. The first kappa shape index (κ1) is 12.5. The van der Waals surface area contributed by atoms with Gasteiger partial charge in [-0.05, 0) is 24.3 Å². The van der Waals surface area contributed by atoms with Crippen LogP contribution in [0, 0.1) is 0 Å². The molecule has 0 amide bonds. The molecule has 1 atom stereocenters. The lowest BCUT2D eigenvalue weighted by atomic mass is 10.1. The fourth-order valence-corrected chi connectivity index (χ4v) is 3.97. The summed E-state index contributed by atoms with van der Waals surface area (Å²) < 4.78 is 2.12. The van der Waals surface area contributed by atoms with Gasteiger partial charge in [0.15, 0.2) is 5.78 Å². The number of hydrogen-bond acceptors (Lipinski definition) is 2.